The summed E-state index contributed by atoms with van der Waals surface area (Å²) in [6, 6.07) is 8.77. The summed E-state index contributed by atoms with van der Waals surface area (Å²) in [6.45, 7) is 12.2. The van der Waals surface area contributed by atoms with Gasteiger partial charge in [0.2, 0.25) is 0 Å². The zero-order valence-corrected chi connectivity index (χ0v) is 16.8. The van der Waals surface area contributed by atoms with Crippen LogP contribution >= 0.6 is 24.0 Å². The van der Waals surface area contributed by atoms with E-state index in [0.29, 0.717) is 11.3 Å². The Morgan fingerprint density at radius 3 is 2.68 bits per heavy atom. The van der Waals surface area contributed by atoms with Crippen LogP contribution in [0.2, 0.25) is 0 Å². The lowest BCUT2D eigenvalue weighted by atomic mass is 9.93. The van der Waals surface area contributed by atoms with Gasteiger partial charge in [0.1, 0.15) is 0 Å². The molecule has 22 heavy (non-hydrogen) atoms. The van der Waals surface area contributed by atoms with E-state index >= 15 is 0 Å². The van der Waals surface area contributed by atoms with E-state index < -0.39 is 0 Å². The number of nitrogens with one attached hydrogen (secondary N) is 1. The molecule has 1 unspecified atom stereocenters. The number of aliphatic imine (C=N–C) groups is 1. The molecule has 2 rings (SSSR count). The van der Waals surface area contributed by atoms with Crippen LogP contribution in [0.3, 0.4) is 0 Å². The lowest BCUT2D eigenvalue weighted by Gasteiger charge is -2.25. The van der Waals surface area contributed by atoms with Crippen LogP contribution in [0.5, 0.6) is 0 Å². The van der Waals surface area contributed by atoms with Crippen molar-refractivity contribution in [3.8, 4) is 0 Å². The van der Waals surface area contributed by atoms with Crippen molar-refractivity contribution < 1.29 is 0 Å². The summed E-state index contributed by atoms with van der Waals surface area (Å²) in [7, 11) is 1.88. The number of benzene rings is 1. The molecule has 1 heterocycles. The maximum atomic E-state index is 4.45. The van der Waals surface area contributed by atoms with Crippen LogP contribution in [0.1, 0.15) is 44.2 Å². The zero-order chi connectivity index (χ0) is 15.5. The monoisotopic (exact) mass is 415 g/mol. The highest BCUT2D eigenvalue weighted by Gasteiger charge is 2.30. The van der Waals surface area contributed by atoms with Gasteiger partial charge in [0, 0.05) is 26.7 Å². The Balaban J connectivity index is 0.00000242. The first-order valence-electron chi connectivity index (χ1n) is 7.93. The third-order valence-corrected chi connectivity index (χ3v) is 4.37. The van der Waals surface area contributed by atoms with Crippen molar-refractivity contribution in [3.63, 3.8) is 0 Å². The second kappa shape index (κ2) is 8.18. The van der Waals surface area contributed by atoms with Crippen LogP contribution in [0.15, 0.2) is 29.3 Å². The summed E-state index contributed by atoms with van der Waals surface area (Å²) >= 11 is 0. The third kappa shape index (κ3) is 5.14. The van der Waals surface area contributed by atoms with Gasteiger partial charge in [-0.15, -0.1) is 24.0 Å². The third-order valence-electron chi connectivity index (χ3n) is 4.37. The first kappa shape index (κ1) is 19.3. The molecule has 3 nitrogen and oxygen atoms in total. The normalized spacial score (nSPS) is 18.8. The van der Waals surface area contributed by atoms with Gasteiger partial charge in [-0.05, 0) is 30.2 Å². The van der Waals surface area contributed by atoms with Gasteiger partial charge in [-0.1, -0.05) is 50.6 Å². The molecule has 1 N–H and O–H groups in total. The van der Waals surface area contributed by atoms with Crippen molar-refractivity contribution >= 4 is 29.9 Å². The Morgan fingerprint density at radius 1 is 1.41 bits per heavy atom. The van der Waals surface area contributed by atoms with Gasteiger partial charge >= 0.3 is 0 Å². The highest BCUT2D eigenvalue weighted by molar-refractivity contribution is 14.0. The van der Waals surface area contributed by atoms with E-state index in [0.717, 1.165) is 25.6 Å². The van der Waals surface area contributed by atoms with Crippen molar-refractivity contribution in [2.45, 2.75) is 40.0 Å². The van der Waals surface area contributed by atoms with Gasteiger partial charge in [0.25, 0.3) is 0 Å². The number of halogens is 1. The van der Waals surface area contributed by atoms with Crippen LogP contribution in [0.4, 0.5) is 0 Å². The summed E-state index contributed by atoms with van der Waals surface area (Å²) < 4.78 is 0. The molecule has 0 aliphatic carbocycles. The number of hydrogen-bond acceptors (Lipinski definition) is 1. The van der Waals surface area contributed by atoms with E-state index in [2.05, 4.69) is 67.2 Å². The summed E-state index contributed by atoms with van der Waals surface area (Å²) in [5.74, 6) is 1.53. The maximum Gasteiger partial charge on any atom is 0.193 e. The van der Waals surface area contributed by atoms with Gasteiger partial charge in [-0.2, -0.15) is 0 Å². The number of guanidine groups is 1. The van der Waals surface area contributed by atoms with Crippen molar-refractivity contribution in [3.05, 3.63) is 35.4 Å². The van der Waals surface area contributed by atoms with E-state index in [1.54, 1.807) is 0 Å². The van der Waals surface area contributed by atoms with E-state index in [9.17, 15) is 0 Å². The quantitative estimate of drug-likeness (QED) is 0.459. The predicted octanol–water partition coefficient (Wildman–Crippen LogP) is 4.02. The van der Waals surface area contributed by atoms with Crippen molar-refractivity contribution in [2.24, 2.45) is 10.4 Å². The number of nitrogens with zero attached hydrogens (tertiary/aromatic N) is 2. The van der Waals surface area contributed by atoms with Gasteiger partial charge < -0.3 is 10.2 Å². The molecule has 0 saturated carbocycles. The number of likely N-dealkylation sites (tertiary alicyclic amines) is 1. The molecular formula is C18H30IN3. The largest absolute Gasteiger partial charge is 0.356 e. The fourth-order valence-corrected chi connectivity index (χ4v) is 2.96. The maximum absolute atomic E-state index is 4.45. The summed E-state index contributed by atoms with van der Waals surface area (Å²) in [6.07, 6.45) is 1.24. The van der Waals surface area contributed by atoms with Crippen LogP contribution < -0.4 is 5.32 Å². The smallest absolute Gasteiger partial charge is 0.193 e. The first-order chi connectivity index (χ1) is 9.91. The molecule has 1 aliphatic heterocycles. The second-order valence-electron chi connectivity index (χ2n) is 7.08. The lowest BCUT2D eigenvalue weighted by molar-refractivity contribution is 0.370. The van der Waals surface area contributed by atoms with Crippen molar-refractivity contribution in [1.82, 2.24) is 10.2 Å². The summed E-state index contributed by atoms with van der Waals surface area (Å²) in [5.41, 5.74) is 3.12. The standard InChI is InChI=1S/C18H29N3.HI/c1-14-7-6-8-16(11-14)15(2)12-20-17(19-5)21-10-9-18(3,4)13-21;/h6-8,11,15H,9-10,12-13H2,1-5H3,(H,19,20);1H. The lowest BCUT2D eigenvalue weighted by Crippen LogP contribution is -2.42. The van der Waals surface area contributed by atoms with E-state index in [4.69, 9.17) is 0 Å². The molecule has 1 fully saturated rings. The fraction of sp³-hybridized carbons (Fsp3) is 0.611. The molecule has 0 amide bonds. The molecule has 1 aromatic rings. The van der Waals surface area contributed by atoms with Gasteiger partial charge in [-0.3, -0.25) is 4.99 Å². The molecule has 0 spiro atoms. The first-order valence-corrected chi connectivity index (χ1v) is 7.93. The average molecular weight is 415 g/mol. The summed E-state index contributed by atoms with van der Waals surface area (Å²) in [5, 5.41) is 3.54. The van der Waals surface area contributed by atoms with E-state index in [1.165, 1.54) is 17.5 Å². The molecule has 0 aromatic heterocycles. The molecule has 0 bridgehead atoms. The van der Waals surface area contributed by atoms with Crippen LogP contribution in [0.25, 0.3) is 0 Å². The minimum atomic E-state index is 0. The Morgan fingerprint density at radius 2 is 2.14 bits per heavy atom. The molecule has 1 atom stereocenters. The molecule has 0 radical (unpaired) electrons. The second-order valence-corrected chi connectivity index (χ2v) is 7.08. The Hall–Kier alpha value is -0.780. The summed E-state index contributed by atoms with van der Waals surface area (Å²) in [4.78, 5) is 6.83. The highest BCUT2D eigenvalue weighted by Crippen LogP contribution is 2.28. The van der Waals surface area contributed by atoms with Gasteiger partial charge in [0.15, 0.2) is 5.96 Å². The van der Waals surface area contributed by atoms with Crippen molar-refractivity contribution in [1.29, 1.82) is 0 Å². The molecule has 1 aliphatic rings. The topological polar surface area (TPSA) is 27.6 Å². The number of hydrogen-bond donors (Lipinski definition) is 1. The van der Waals surface area contributed by atoms with E-state index in [1.807, 2.05) is 7.05 Å². The van der Waals surface area contributed by atoms with E-state index in [-0.39, 0.29) is 24.0 Å². The molecular weight excluding hydrogens is 385 g/mol. The van der Waals surface area contributed by atoms with Crippen LogP contribution in [-0.4, -0.2) is 37.5 Å². The van der Waals surface area contributed by atoms with Crippen LogP contribution in [0, 0.1) is 12.3 Å². The van der Waals surface area contributed by atoms with Crippen molar-refractivity contribution in [2.75, 3.05) is 26.7 Å². The molecule has 124 valence electrons. The number of rotatable bonds is 3. The SMILES string of the molecule is CN=C(NCC(C)c1cccc(C)c1)N1CCC(C)(C)C1.I. The number of aryl methyl sites for hydroxylation is 1. The Labute approximate surface area is 152 Å². The zero-order valence-electron chi connectivity index (χ0n) is 14.5. The minimum Gasteiger partial charge on any atom is -0.356 e. The minimum absolute atomic E-state index is 0. The molecule has 1 aromatic carbocycles. The average Bonchev–Trinajstić information content (AvgIpc) is 2.79. The van der Waals surface area contributed by atoms with Gasteiger partial charge in [-0.25, -0.2) is 0 Å². The molecule has 4 heteroatoms. The Bertz CT molecular complexity index is 511. The highest BCUT2D eigenvalue weighted by atomic mass is 127. The fourth-order valence-electron chi connectivity index (χ4n) is 2.96. The predicted molar refractivity (Wildman–Crippen MR) is 106 cm³/mol. The molecule has 1 saturated heterocycles. The van der Waals surface area contributed by atoms with Gasteiger partial charge in [0.05, 0.1) is 0 Å². The Kier molecular flexibility index (Phi) is 7.16. The van der Waals surface area contributed by atoms with Crippen LogP contribution in [-0.2, 0) is 0 Å².